The first-order valence-electron chi connectivity index (χ1n) is 8.27. The number of pyridine rings is 1. The maximum absolute atomic E-state index is 11.8. The third kappa shape index (κ3) is 3.93. The monoisotopic (exact) mass is 385 g/mol. The van der Waals surface area contributed by atoms with Gasteiger partial charge >= 0.3 is 5.97 Å². The van der Waals surface area contributed by atoms with Crippen molar-refractivity contribution in [1.82, 2.24) is 4.98 Å². The van der Waals surface area contributed by atoms with E-state index in [1.807, 2.05) is 6.92 Å². The molecule has 0 saturated heterocycles. The first kappa shape index (κ1) is 18.8. The predicted octanol–water partition coefficient (Wildman–Crippen LogP) is 3.93. The molecule has 0 bridgehead atoms. The van der Waals surface area contributed by atoms with Crippen LogP contribution in [0, 0.1) is 6.92 Å². The topological polar surface area (TPSA) is 93.6 Å². The zero-order valence-corrected chi connectivity index (χ0v) is 15.9. The maximum Gasteiger partial charge on any atom is 0.310 e. The Hall–Kier alpha value is -2.93. The molecule has 0 radical (unpaired) electrons. The minimum atomic E-state index is -3.35. The van der Waals surface area contributed by atoms with Gasteiger partial charge in [0.25, 0.3) is 0 Å². The molecule has 1 atom stereocenters. The van der Waals surface area contributed by atoms with Crippen molar-refractivity contribution >= 4 is 26.7 Å². The van der Waals surface area contributed by atoms with E-state index in [-0.39, 0.29) is 4.90 Å². The van der Waals surface area contributed by atoms with Gasteiger partial charge in [0.2, 0.25) is 0 Å². The number of carboxylic acid groups (broad SMARTS) is 1. The number of fused-ring (bicyclic) bond motifs is 1. The number of aromatic nitrogens is 1. The zero-order chi connectivity index (χ0) is 19.8. The van der Waals surface area contributed by atoms with Crippen molar-refractivity contribution in [2.45, 2.75) is 24.7 Å². The molecule has 3 rings (SSSR count). The van der Waals surface area contributed by atoms with Gasteiger partial charge in [-0.3, -0.25) is 9.78 Å². The summed E-state index contributed by atoms with van der Waals surface area (Å²) in [5, 5.41) is 9.74. The van der Waals surface area contributed by atoms with Gasteiger partial charge in [-0.1, -0.05) is 12.1 Å². The molecule has 0 fully saturated rings. The van der Waals surface area contributed by atoms with Gasteiger partial charge in [0.1, 0.15) is 11.5 Å². The Morgan fingerprint density at radius 2 is 1.85 bits per heavy atom. The lowest BCUT2D eigenvalue weighted by Gasteiger charge is -2.14. The molecule has 27 heavy (non-hydrogen) atoms. The van der Waals surface area contributed by atoms with Crippen LogP contribution in [0.15, 0.2) is 53.6 Å². The van der Waals surface area contributed by atoms with Crippen LogP contribution < -0.4 is 4.74 Å². The number of carbonyl (C=O) groups is 1. The highest BCUT2D eigenvalue weighted by Crippen LogP contribution is 2.33. The van der Waals surface area contributed by atoms with Crippen LogP contribution in [0.1, 0.15) is 24.0 Å². The standard InChI is InChI=1S/C20H19NO5S/c1-12-10-14(13(2)20(22)23)4-7-18(12)26-19-8-9-21-17-6-5-15(11-16(17)19)27(3,24)25/h4-11,13H,1-3H3,(H,22,23). The second-order valence-corrected chi connectivity index (χ2v) is 8.46. The molecule has 140 valence electrons. The molecule has 1 unspecified atom stereocenters. The molecular formula is C20H19NO5S. The number of nitrogens with zero attached hydrogens (tertiary/aromatic N) is 1. The highest BCUT2D eigenvalue weighted by atomic mass is 32.2. The second kappa shape index (κ2) is 7.00. The zero-order valence-electron chi connectivity index (χ0n) is 15.1. The largest absolute Gasteiger partial charge is 0.481 e. The Balaban J connectivity index is 2.03. The normalized spacial score (nSPS) is 12.7. The third-order valence-corrected chi connectivity index (χ3v) is 5.50. The van der Waals surface area contributed by atoms with Gasteiger partial charge in [-0.05, 0) is 55.3 Å². The number of carboxylic acids is 1. The fourth-order valence-corrected chi connectivity index (χ4v) is 3.38. The second-order valence-electron chi connectivity index (χ2n) is 6.45. The molecule has 0 aliphatic heterocycles. The van der Waals surface area contributed by atoms with E-state index in [2.05, 4.69) is 4.98 Å². The summed E-state index contributed by atoms with van der Waals surface area (Å²) in [5.41, 5.74) is 2.09. The van der Waals surface area contributed by atoms with Crippen molar-refractivity contribution in [3.05, 3.63) is 59.8 Å². The lowest BCUT2D eigenvalue weighted by atomic mass is 9.99. The molecule has 0 aliphatic rings. The number of sulfone groups is 1. The molecule has 7 heteroatoms. The Morgan fingerprint density at radius 3 is 2.48 bits per heavy atom. The molecule has 2 aromatic carbocycles. The van der Waals surface area contributed by atoms with E-state index in [4.69, 9.17) is 9.84 Å². The van der Waals surface area contributed by atoms with E-state index < -0.39 is 21.7 Å². The van der Waals surface area contributed by atoms with Crippen molar-refractivity contribution in [2.75, 3.05) is 6.26 Å². The summed E-state index contributed by atoms with van der Waals surface area (Å²) in [6, 6.07) is 11.6. The smallest absolute Gasteiger partial charge is 0.310 e. The van der Waals surface area contributed by atoms with Crippen molar-refractivity contribution in [3.8, 4) is 11.5 Å². The molecule has 0 amide bonds. The molecule has 3 aromatic rings. The third-order valence-electron chi connectivity index (χ3n) is 4.39. The summed E-state index contributed by atoms with van der Waals surface area (Å²) in [4.78, 5) is 15.6. The molecule has 1 N–H and O–H groups in total. The van der Waals surface area contributed by atoms with Gasteiger partial charge in [-0.15, -0.1) is 0 Å². The summed E-state index contributed by atoms with van der Waals surface area (Å²) in [6.45, 7) is 3.46. The van der Waals surface area contributed by atoms with Gasteiger partial charge in [-0.25, -0.2) is 8.42 Å². The Morgan fingerprint density at radius 1 is 1.11 bits per heavy atom. The molecular weight excluding hydrogens is 366 g/mol. The average Bonchev–Trinajstić information content (AvgIpc) is 2.61. The number of benzene rings is 2. The minimum Gasteiger partial charge on any atom is -0.481 e. The number of ether oxygens (including phenoxy) is 1. The van der Waals surface area contributed by atoms with Crippen LogP contribution in [0.3, 0.4) is 0 Å². The molecule has 0 aliphatic carbocycles. The van der Waals surface area contributed by atoms with E-state index in [1.165, 1.54) is 6.07 Å². The van der Waals surface area contributed by atoms with Crippen molar-refractivity contribution in [3.63, 3.8) is 0 Å². The van der Waals surface area contributed by atoms with Crippen LogP contribution >= 0.6 is 0 Å². The molecule has 0 spiro atoms. The highest BCUT2D eigenvalue weighted by molar-refractivity contribution is 7.90. The van der Waals surface area contributed by atoms with Crippen molar-refractivity contribution in [1.29, 1.82) is 0 Å². The van der Waals surface area contributed by atoms with Crippen LogP contribution in [0.5, 0.6) is 11.5 Å². The fourth-order valence-electron chi connectivity index (χ4n) is 2.74. The Kier molecular flexibility index (Phi) is 4.89. The van der Waals surface area contributed by atoms with E-state index in [9.17, 15) is 13.2 Å². The van der Waals surface area contributed by atoms with Crippen LogP contribution in [0.2, 0.25) is 0 Å². The van der Waals surface area contributed by atoms with E-state index in [1.54, 1.807) is 49.5 Å². The summed E-state index contributed by atoms with van der Waals surface area (Å²) < 4.78 is 29.7. The lowest BCUT2D eigenvalue weighted by Crippen LogP contribution is -2.07. The number of rotatable bonds is 5. The maximum atomic E-state index is 11.8. The highest BCUT2D eigenvalue weighted by Gasteiger charge is 2.16. The van der Waals surface area contributed by atoms with Crippen LogP contribution in [0.4, 0.5) is 0 Å². The quantitative estimate of drug-likeness (QED) is 0.715. The van der Waals surface area contributed by atoms with Gasteiger partial charge < -0.3 is 9.84 Å². The number of aryl methyl sites for hydroxylation is 1. The summed E-state index contributed by atoms with van der Waals surface area (Å²) in [5.74, 6) is -0.463. The van der Waals surface area contributed by atoms with Crippen molar-refractivity contribution < 1.29 is 23.1 Å². The van der Waals surface area contributed by atoms with Crippen LogP contribution in [-0.2, 0) is 14.6 Å². The number of hydrogen-bond acceptors (Lipinski definition) is 5. The number of aliphatic carboxylic acids is 1. The number of hydrogen-bond donors (Lipinski definition) is 1. The molecule has 0 saturated carbocycles. The summed E-state index contributed by atoms with van der Waals surface area (Å²) in [6.07, 6.45) is 2.74. The average molecular weight is 385 g/mol. The summed E-state index contributed by atoms with van der Waals surface area (Å²) in [7, 11) is -3.35. The Bertz CT molecular complexity index is 1140. The minimum absolute atomic E-state index is 0.190. The van der Waals surface area contributed by atoms with Crippen molar-refractivity contribution in [2.24, 2.45) is 0 Å². The lowest BCUT2D eigenvalue weighted by molar-refractivity contribution is -0.138. The first-order valence-corrected chi connectivity index (χ1v) is 10.2. The molecule has 1 aromatic heterocycles. The summed E-state index contributed by atoms with van der Waals surface area (Å²) >= 11 is 0. The van der Waals surface area contributed by atoms with Gasteiger partial charge in [0.15, 0.2) is 9.84 Å². The first-order chi connectivity index (χ1) is 12.7. The molecule has 1 heterocycles. The van der Waals surface area contributed by atoms with Crippen LogP contribution in [-0.4, -0.2) is 30.7 Å². The Labute approximate surface area is 157 Å². The predicted molar refractivity (Wildman–Crippen MR) is 102 cm³/mol. The van der Waals surface area contributed by atoms with E-state index in [0.29, 0.717) is 28.0 Å². The van der Waals surface area contributed by atoms with E-state index in [0.717, 1.165) is 11.8 Å². The molecule has 6 nitrogen and oxygen atoms in total. The van der Waals surface area contributed by atoms with Gasteiger partial charge in [-0.2, -0.15) is 0 Å². The van der Waals surface area contributed by atoms with E-state index >= 15 is 0 Å². The van der Waals surface area contributed by atoms with Gasteiger partial charge in [0, 0.05) is 17.8 Å². The SMILES string of the molecule is Cc1cc(C(C)C(=O)O)ccc1Oc1ccnc2ccc(S(C)(=O)=O)cc12. The van der Waals surface area contributed by atoms with Gasteiger partial charge in [0.05, 0.1) is 16.3 Å². The fraction of sp³-hybridized carbons (Fsp3) is 0.200. The van der Waals surface area contributed by atoms with Crippen LogP contribution in [0.25, 0.3) is 10.9 Å².